The minimum absolute atomic E-state index is 0.0137. The molecule has 2 heterocycles. The molecule has 0 spiro atoms. The lowest BCUT2D eigenvalue weighted by Crippen LogP contribution is -2.32. The Morgan fingerprint density at radius 2 is 2.04 bits per heavy atom. The van der Waals surface area contributed by atoms with Crippen molar-refractivity contribution in [1.82, 2.24) is 9.97 Å². The van der Waals surface area contributed by atoms with Crippen molar-refractivity contribution >= 4 is 27.6 Å². The van der Waals surface area contributed by atoms with Gasteiger partial charge in [-0.25, -0.2) is 9.97 Å². The van der Waals surface area contributed by atoms with Gasteiger partial charge < -0.3 is 15.3 Å². The topological polar surface area (TPSA) is 61.3 Å². The van der Waals surface area contributed by atoms with E-state index in [1.54, 1.807) is 0 Å². The van der Waals surface area contributed by atoms with E-state index in [1.807, 2.05) is 13.0 Å². The third kappa shape index (κ3) is 4.30. The van der Waals surface area contributed by atoms with E-state index in [9.17, 15) is 5.11 Å². The van der Waals surface area contributed by atoms with Crippen LogP contribution in [0.4, 0.5) is 11.6 Å². The number of aliphatic hydroxyl groups excluding tert-OH is 1. The van der Waals surface area contributed by atoms with Crippen molar-refractivity contribution in [1.29, 1.82) is 0 Å². The maximum atomic E-state index is 9.56. The average molecular weight is 405 g/mol. The van der Waals surface area contributed by atoms with Gasteiger partial charge >= 0.3 is 0 Å². The maximum absolute atomic E-state index is 9.56. The lowest BCUT2D eigenvalue weighted by molar-refractivity contribution is 0.249. The Balaban J connectivity index is 1.83. The molecule has 0 radical (unpaired) electrons. The quantitative estimate of drug-likeness (QED) is 0.797. The van der Waals surface area contributed by atoms with Crippen LogP contribution in [0, 0.1) is 12.8 Å². The number of anilines is 2. The van der Waals surface area contributed by atoms with Crippen LogP contribution in [0.25, 0.3) is 0 Å². The molecule has 0 aliphatic carbocycles. The van der Waals surface area contributed by atoms with Gasteiger partial charge in [-0.3, -0.25) is 0 Å². The van der Waals surface area contributed by atoms with E-state index in [0.29, 0.717) is 5.92 Å². The van der Waals surface area contributed by atoms with Gasteiger partial charge in [-0.1, -0.05) is 35.8 Å². The zero-order valence-corrected chi connectivity index (χ0v) is 16.5. The third-order valence-electron chi connectivity index (χ3n) is 4.66. The number of fused-ring (bicyclic) bond motifs is 1. The molecule has 0 saturated carbocycles. The minimum Gasteiger partial charge on any atom is -0.394 e. The predicted octanol–water partition coefficient (Wildman–Crippen LogP) is 3.54. The van der Waals surface area contributed by atoms with E-state index >= 15 is 0 Å². The Kier molecular flexibility index (Phi) is 5.59. The van der Waals surface area contributed by atoms with Crippen LogP contribution in [0.2, 0.25) is 0 Å². The van der Waals surface area contributed by atoms with E-state index in [1.165, 1.54) is 11.1 Å². The summed E-state index contributed by atoms with van der Waals surface area (Å²) in [5.41, 5.74) is 2.74. The second kappa shape index (κ2) is 7.70. The smallest absolute Gasteiger partial charge is 0.134 e. The Bertz CT molecular complexity index is 750. The molecule has 3 rings (SSSR count). The van der Waals surface area contributed by atoms with Crippen LogP contribution >= 0.6 is 15.9 Å². The van der Waals surface area contributed by atoms with Crippen LogP contribution in [-0.4, -0.2) is 34.3 Å². The molecule has 0 amide bonds. The number of aliphatic hydroxyl groups is 1. The summed E-state index contributed by atoms with van der Waals surface area (Å²) in [5.74, 6) is 2.76. The Hall–Kier alpha value is -1.66. The lowest BCUT2D eigenvalue weighted by Gasteiger charge is -2.30. The van der Waals surface area contributed by atoms with Crippen molar-refractivity contribution in [2.24, 2.45) is 5.92 Å². The Labute approximate surface area is 157 Å². The normalized spacial score (nSPS) is 15.2. The van der Waals surface area contributed by atoms with Gasteiger partial charge in [0.05, 0.1) is 12.6 Å². The van der Waals surface area contributed by atoms with Gasteiger partial charge in [-0.15, -0.1) is 0 Å². The zero-order chi connectivity index (χ0) is 18.0. The SMILES string of the molecule is Cc1nc(N[C@H](CO)C(C)C)cc(N2CCc3ccc(Br)cc3C2)n1. The highest BCUT2D eigenvalue weighted by Gasteiger charge is 2.20. The van der Waals surface area contributed by atoms with E-state index in [4.69, 9.17) is 0 Å². The molecule has 0 unspecified atom stereocenters. The first-order chi connectivity index (χ1) is 12.0. The fourth-order valence-electron chi connectivity index (χ4n) is 3.12. The minimum atomic E-state index is -0.0137. The van der Waals surface area contributed by atoms with Gasteiger partial charge in [0.2, 0.25) is 0 Å². The van der Waals surface area contributed by atoms with Gasteiger partial charge in [0.25, 0.3) is 0 Å². The number of nitrogens with one attached hydrogen (secondary N) is 1. The second-order valence-corrected chi connectivity index (χ2v) is 7.84. The zero-order valence-electron chi connectivity index (χ0n) is 15.0. The van der Waals surface area contributed by atoms with Crippen molar-refractivity contribution in [2.75, 3.05) is 23.4 Å². The first-order valence-electron chi connectivity index (χ1n) is 8.71. The summed E-state index contributed by atoms with van der Waals surface area (Å²) in [6, 6.07) is 8.46. The first kappa shape index (κ1) is 18.1. The highest BCUT2D eigenvalue weighted by Crippen LogP contribution is 2.27. The highest BCUT2D eigenvalue weighted by molar-refractivity contribution is 9.10. The number of halogens is 1. The van der Waals surface area contributed by atoms with Crippen LogP contribution < -0.4 is 10.2 Å². The first-order valence-corrected chi connectivity index (χ1v) is 9.51. The number of aromatic nitrogens is 2. The molecule has 0 fully saturated rings. The summed E-state index contributed by atoms with van der Waals surface area (Å²) in [6.07, 6.45) is 1.01. The van der Waals surface area contributed by atoms with Gasteiger partial charge in [0.1, 0.15) is 17.5 Å². The summed E-state index contributed by atoms with van der Waals surface area (Å²) >= 11 is 3.56. The van der Waals surface area contributed by atoms with Gasteiger partial charge in [-0.05, 0) is 42.5 Å². The van der Waals surface area contributed by atoms with Crippen molar-refractivity contribution in [2.45, 2.75) is 39.8 Å². The highest BCUT2D eigenvalue weighted by atomic mass is 79.9. The molecule has 1 aromatic heterocycles. The molecule has 2 aromatic rings. The summed E-state index contributed by atoms with van der Waals surface area (Å²) in [5, 5.41) is 12.9. The second-order valence-electron chi connectivity index (χ2n) is 6.92. The Morgan fingerprint density at radius 1 is 1.24 bits per heavy atom. The maximum Gasteiger partial charge on any atom is 0.134 e. The van der Waals surface area contributed by atoms with Crippen molar-refractivity contribution < 1.29 is 5.11 Å². The van der Waals surface area contributed by atoms with Crippen LogP contribution in [0.5, 0.6) is 0 Å². The number of benzene rings is 1. The van der Waals surface area contributed by atoms with Crippen LogP contribution in [0.15, 0.2) is 28.7 Å². The van der Waals surface area contributed by atoms with E-state index in [-0.39, 0.29) is 12.6 Å². The van der Waals surface area contributed by atoms with E-state index in [2.05, 4.69) is 68.2 Å². The molecule has 2 N–H and O–H groups in total. The monoisotopic (exact) mass is 404 g/mol. The van der Waals surface area contributed by atoms with Gasteiger partial charge in [0, 0.05) is 23.6 Å². The molecular formula is C19H25BrN4O. The lowest BCUT2D eigenvalue weighted by atomic mass is 10.00. The summed E-state index contributed by atoms with van der Waals surface area (Å²) in [4.78, 5) is 11.4. The molecule has 5 nitrogen and oxygen atoms in total. The largest absolute Gasteiger partial charge is 0.394 e. The molecule has 1 aromatic carbocycles. The van der Waals surface area contributed by atoms with Gasteiger partial charge in [0.15, 0.2) is 0 Å². The molecular weight excluding hydrogens is 380 g/mol. The van der Waals surface area contributed by atoms with E-state index in [0.717, 1.165) is 41.4 Å². The summed E-state index contributed by atoms with van der Waals surface area (Å²) in [6.45, 7) is 7.95. The molecule has 1 aliphatic rings. The van der Waals surface area contributed by atoms with Crippen LogP contribution in [0.1, 0.15) is 30.8 Å². The van der Waals surface area contributed by atoms with Crippen molar-refractivity contribution in [3.8, 4) is 0 Å². The molecule has 1 atom stereocenters. The fraction of sp³-hybridized carbons (Fsp3) is 0.474. The molecule has 25 heavy (non-hydrogen) atoms. The standard InChI is InChI=1S/C19H25BrN4O/c1-12(2)17(11-25)23-18-9-19(22-13(3)21-18)24-7-6-14-4-5-16(20)8-15(14)10-24/h4-5,8-9,12,17,25H,6-7,10-11H2,1-3H3,(H,21,22,23)/t17-/m1/s1. The van der Waals surface area contributed by atoms with Gasteiger partial charge in [-0.2, -0.15) is 0 Å². The number of nitrogens with zero attached hydrogens (tertiary/aromatic N) is 3. The van der Waals surface area contributed by atoms with Crippen LogP contribution in [-0.2, 0) is 13.0 Å². The number of hydrogen-bond acceptors (Lipinski definition) is 5. The van der Waals surface area contributed by atoms with E-state index < -0.39 is 0 Å². The van der Waals surface area contributed by atoms with Crippen molar-refractivity contribution in [3.63, 3.8) is 0 Å². The predicted molar refractivity (Wildman–Crippen MR) is 105 cm³/mol. The van der Waals surface area contributed by atoms with Crippen molar-refractivity contribution in [3.05, 3.63) is 45.7 Å². The number of aryl methyl sites for hydroxylation is 1. The molecule has 0 saturated heterocycles. The Morgan fingerprint density at radius 3 is 2.76 bits per heavy atom. The molecule has 0 bridgehead atoms. The average Bonchev–Trinajstić information content (AvgIpc) is 2.58. The molecule has 134 valence electrons. The number of hydrogen-bond donors (Lipinski definition) is 2. The summed E-state index contributed by atoms with van der Waals surface area (Å²) < 4.78 is 1.11. The molecule has 1 aliphatic heterocycles. The third-order valence-corrected chi connectivity index (χ3v) is 5.16. The van der Waals surface area contributed by atoms with Crippen LogP contribution in [0.3, 0.4) is 0 Å². The summed E-state index contributed by atoms with van der Waals surface area (Å²) in [7, 11) is 0. The number of rotatable bonds is 5. The molecule has 6 heteroatoms. The fourth-order valence-corrected chi connectivity index (χ4v) is 3.53.